The molecule has 174 valence electrons. The zero-order valence-electron chi connectivity index (χ0n) is 19.1. The lowest BCUT2D eigenvalue weighted by Crippen LogP contribution is -3.15. The van der Waals surface area contributed by atoms with Crippen molar-refractivity contribution in [3.05, 3.63) is 59.7 Å². The molecule has 1 fully saturated rings. The largest absolute Gasteiger partial charge is 0.494 e. The van der Waals surface area contributed by atoms with Gasteiger partial charge in [-0.1, -0.05) is 31.2 Å². The minimum atomic E-state index is -3.54. The smallest absolute Gasteiger partial charge is 0.275 e. The van der Waals surface area contributed by atoms with E-state index in [1.54, 1.807) is 24.3 Å². The Morgan fingerprint density at radius 2 is 1.69 bits per heavy atom. The van der Waals surface area contributed by atoms with Crippen molar-refractivity contribution in [3.63, 3.8) is 0 Å². The van der Waals surface area contributed by atoms with Crippen molar-refractivity contribution in [1.82, 2.24) is 9.62 Å². The number of nitrogens with zero attached hydrogens (tertiary/aromatic N) is 1. The molecular weight excluding hydrogens is 426 g/mol. The molecule has 0 spiro atoms. The van der Waals surface area contributed by atoms with E-state index in [1.807, 2.05) is 13.8 Å². The normalized spacial score (nSPS) is 16.5. The van der Waals surface area contributed by atoms with Gasteiger partial charge in [0.05, 0.1) is 43.7 Å². The van der Waals surface area contributed by atoms with Crippen LogP contribution in [0.15, 0.2) is 53.4 Å². The summed E-state index contributed by atoms with van der Waals surface area (Å²) in [6.07, 6.45) is 0.991. The van der Waals surface area contributed by atoms with Gasteiger partial charge in [0.25, 0.3) is 5.91 Å². The predicted octanol–water partition coefficient (Wildman–Crippen LogP) is 1.41. The van der Waals surface area contributed by atoms with Gasteiger partial charge in [-0.15, -0.1) is 0 Å². The first-order valence-corrected chi connectivity index (χ1v) is 12.7. The summed E-state index contributed by atoms with van der Waals surface area (Å²) in [5.74, 6) is 0.636. The average molecular weight is 461 g/mol. The monoisotopic (exact) mass is 460 g/mol. The summed E-state index contributed by atoms with van der Waals surface area (Å²) < 4.78 is 32.7. The molecule has 2 N–H and O–H groups in total. The molecule has 1 aliphatic heterocycles. The van der Waals surface area contributed by atoms with Crippen LogP contribution in [0, 0.1) is 0 Å². The standard InChI is InChI=1S/C24H33N3O4S/c1-4-20-6-8-21(9-7-20)19(3)25-24(28)18-26-14-16-27(17-15-26)32(29,30)23-12-10-22(11-13-23)31-5-2/h6-13,19H,4-5,14-18H2,1-3H3,(H,25,28)/p+1. The number of nitrogens with one attached hydrogen (secondary N) is 2. The van der Waals surface area contributed by atoms with Gasteiger partial charge >= 0.3 is 0 Å². The lowest BCUT2D eigenvalue weighted by molar-refractivity contribution is -0.895. The number of aryl methyl sites for hydroxylation is 1. The molecule has 1 aliphatic rings. The Balaban J connectivity index is 1.49. The molecule has 2 aromatic rings. The van der Waals surface area contributed by atoms with Crippen molar-refractivity contribution in [2.45, 2.75) is 38.1 Å². The predicted molar refractivity (Wildman–Crippen MR) is 124 cm³/mol. The second-order valence-corrected chi connectivity index (χ2v) is 10.1. The molecule has 2 aromatic carbocycles. The number of quaternary nitrogens is 1. The quantitative estimate of drug-likeness (QED) is 0.593. The molecule has 0 aliphatic carbocycles. The van der Waals surface area contributed by atoms with Gasteiger partial charge in [0.1, 0.15) is 5.75 Å². The fourth-order valence-corrected chi connectivity index (χ4v) is 5.33. The van der Waals surface area contributed by atoms with Crippen molar-refractivity contribution in [2.24, 2.45) is 0 Å². The van der Waals surface area contributed by atoms with E-state index in [0.717, 1.165) is 16.9 Å². The maximum atomic E-state index is 12.9. The van der Waals surface area contributed by atoms with Crippen LogP contribution >= 0.6 is 0 Å². The van der Waals surface area contributed by atoms with Crippen LogP contribution in [-0.2, 0) is 21.2 Å². The molecule has 1 amide bonds. The number of piperazine rings is 1. The van der Waals surface area contributed by atoms with Gasteiger partial charge in [0.2, 0.25) is 10.0 Å². The number of sulfonamides is 1. The molecule has 0 saturated carbocycles. The zero-order chi connectivity index (χ0) is 23.1. The van der Waals surface area contributed by atoms with E-state index in [0.29, 0.717) is 45.1 Å². The van der Waals surface area contributed by atoms with Crippen molar-refractivity contribution >= 4 is 15.9 Å². The highest BCUT2D eigenvalue weighted by molar-refractivity contribution is 7.89. The van der Waals surface area contributed by atoms with Crippen LogP contribution in [0.3, 0.4) is 0 Å². The fourth-order valence-electron chi connectivity index (χ4n) is 3.89. The van der Waals surface area contributed by atoms with E-state index in [-0.39, 0.29) is 16.8 Å². The third-order valence-corrected chi connectivity index (χ3v) is 7.79. The first-order valence-electron chi connectivity index (χ1n) is 11.3. The van der Waals surface area contributed by atoms with Gasteiger partial charge in [-0.3, -0.25) is 4.79 Å². The van der Waals surface area contributed by atoms with Crippen LogP contribution in [0.1, 0.15) is 37.9 Å². The van der Waals surface area contributed by atoms with Gasteiger partial charge in [-0.2, -0.15) is 4.31 Å². The van der Waals surface area contributed by atoms with Gasteiger partial charge in [0, 0.05) is 0 Å². The number of ether oxygens (including phenoxy) is 1. The Bertz CT molecular complexity index is 983. The lowest BCUT2D eigenvalue weighted by atomic mass is 10.1. The topological polar surface area (TPSA) is 80.2 Å². The third-order valence-electron chi connectivity index (χ3n) is 5.88. The Labute approximate surface area is 191 Å². The van der Waals surface area contributed by atoms with Crippen molar-refractivity contribution < 1.29 is 22.8 Å². The van der Waals surface area contributed by atoms with Gasteiger partial charge in [0.15, 0.2) is 6.54 Å². The Morgan fingerprint density at radius 1 is 1.06 bits per heavy atom. The molecule has 1 unspecified atom stereocenters. The zero-order valence-corrected chi connectivity index (χ0v) is 20.0. The summed E-state index contributed by atoms with van der Waals surface area (Å²) in [4.78, 5) is 13.9. The molecule has 0 radical (unpaired) electrons. The SMILES string of the molecule is CCOc1ccc(S(=O)(=O)N2CC[NH+](CC(=O)NC(C)c3ccc(CC)cc3)CC2)cc1. The van der Waals surface area contributed by atoms with E-state index in [2.05, 4.69) is 36.5 Å². The minimum absolute atomic E-state index is 0.0186. The average Bonchev–Trinajstić information content (AvgIpc) is 2.80. The second kappa shape index (κ2) is 10.9. The number of carbonyl (C=O) groups excluding carboxylic acids is 1. The maximum absolute atomic E-state index is 12.9. The molecule has 32 heavy (non-hydrogen) atoms. The second-order valence-electron chi connectivity index (χ2n) is 8.12. The lowest BCUT2D eigenvalue weighted by Gasteiger charge is -2.31. The Morgan fingerprint density at radius 3 is 2.25 bits per heavy atom. The van der Waals surface area contributed by atoms with E-state index in [1.165, 1.54) is 9.87 Å². The number of hydrogen-bond donors (Lipinski definition) is 2. The number of rotatable bonds is 9. The highest BCUT2D eigenvalue weighted by atomic mass is 32.2. The summed E-state index contributed by atoms with van der Waals surface area (Å²) in [5, 5.41) is 3.06. The van der Waals surface area contributed by atoms with Crippen LogP contribution < -0.4 is 15.0 Å². The van der Waals surface area contributed by atoms with E-state index in [4.69, 9.17) is 4.74 Å². The van der Waals surface area contributed by atoms with E-state index >= 15 is 0 Å². The molecule has 1 atom stereocenters. The molecule has 0 aromatic heterocycles. The molecule has 0 bridgehead atoms. The highest BCUT2D eigenvalue weighted by Gasteiger charge is 2.31. The van der Waals surface area contributed by atoms with Gasteiger partial charge in [-0.05, 0) is 55.7 Å². The maximum Gasteiger partial charge on any atom is 0.275 e. The molecule has 3 rings (SSSR count). The van der Waals surface area contributed by atoms with Crippen LogP contribution in [0.5, 0.6) is 5.75 Å². The van der Waals surface area contributed by atoms with Crippen molar-refractivity contribution in [2.75, 3.05) is 39.3 Å². The molecule has 7 nitrogen and oxygen atoms in total. The van der Waals surface area contributed by atoms with Crippen LogP contribution in [-0.4, -0.2) is 58.0 Å². The first-order chi connectivity index (χ1) is 15.3. The molecular formula is C24H34N3O4S+. The summed E-state index contributed by atoms with van der Waals surface area (Å²) in [6, 6.07) is 14.8. The Kier molecular flexibility index (Phi) is 8.28. The number of benzene rings is 2. The highest BCUT2D eigenvalue weighted by Crippen LogP contribution is 2.19. The summed E-state index contributed by atoms with van der Waals surface area (Å²) in [7, 11) is -3.54. The van der Waals surface area contributed by atoms with Crippen LogP contribution in [0.4, 0.5) is 0 Å². The number of amides is 1. The van der Waals surface area contributed by atoms with Crippen LogP contribution in [0.25, 0.3) is 0 Å². The summed E-state index contributed by atoms with van der Waals surface area (Å²) >= 11 is 0. The molecule has 8 heteroatoms. The third kappa shape index (κ3) is 6.09. The van der Waals surface area contributed by atoms with Gasteiger partial charge < -0.3 is 15.0 Å². The minimum Gasteiger partial charge on any atom is -0.494 e. The summed E-state index contributed by atoms with van der Waals surface area (Å²) in [5.41, 5.74) is 2.35. The Hall–Kier alpha value is -2.42. The first kappa shape index (κ1) is 24.2. The summed E-state index contributed by atoms with van der Waals surface area (Å²) in [6.45, 7) is 8.85. The van der Waals surface area contributed by atoms with Crippen molar-refractivity contribution in [3.8, 4) is 5.75 Å². The molecule has 1 heterocycles. The van der Waals surface area contributed by atoms with Gasteiger partial charge in [-0.25, -0.2) is 8.42 Å². The van der Waals surface area contributed by atoms with Crippen LogP contribution in [0.2, 0.25) is 0 Å². The number of carbonyl (C=O) groups is 1. The number of hydrogen-bond acceptors (Lipinski definition) is 4. The molecule has 1 saturated heterocycles. The van der Waals surface area contributed by atoms with Crippen molar-refractivity contribution in [1.29, 1.82) is 0 Å². The van der Waals surface area contributed by atoms with E-state index < -0.39 is 10.0 Å². The van der Waals surface area contributed by atoms with E-state index in [9.17, 15) is 13.2 Å². The fraction of sp³-hybridized carbons (Fsp3) is 0.458.